The first-order chi connectivity index (χ1) is 14.0. The standard InChI is InChI=1S/C17H23N5O5S2/c23-16(19-5-2-7-21-9-6-18-13-21)17(24)20-12-14-22(8-3-10-27-14)29(25,26)15-4-1-11-28-15/h1,4,6,9,11,13-14H,2-3,5,7-8,10,12H2,(H,19,23)(H,20,24)/t14-/m1/s1. The van der Waals surface area contributed by atoms with E-state index in [2.05, 4.69) is 15.6 Å². The summed E-state index contributed by atoms with van der Waals surface area (Å²) in [6, 6.07) is 3.19. The molecular formula is C17H23N5O5S2. The smallest absolute Gasteiger partial charge is 0.309 e. The highest BCUT2D eigenvalue weighted by molar-refractivity contribution is 7.91. The van der Waals surface area contributed by atoms with Crippen molar-refractivity contribution in [3.63, 3.8) is 0 Å². The lowest BCUT2D eigenvalue weighted by molar-refractivity contribution is -0.140. The summed E-state index contributed by atoms with van der Waals surface area (Å²) in [6.07, 6.45) is 5.51. The van der Waals surface area contributed by atoms with Gasteiger partial charge in [-0.3, -0.25) is 9.59 Å². The van der Waals surface area contributed by atoms with Crippen LogP contribution in [-0.2, 0) is 30.9 Å². The third-order valence-electron chi connectivity index (χ3n) is 4.29. The lowest BCUT2D eigenvalue weighted by Crippen LogP contribution is -2.53. The van der Waals surface area contributed by atoms with Crippen LogP contribution in [0.15, 0.2) is 40.4 Å². The summed E-state index contributed by atoms with van der Waals surface area (Å²) < 4.78 is 34.4. The Morgan fingerprint density at radius 3 is 2.86 bits per heavy atom. The van der Waals surface area contributed by atoms with E-state index in [-0.39, 0.29) is 10.8 Å². The topological polar surface area (TPSA) is 123 Å². The van der Waals surface area contributed by atoms with Crippen LogP contribution in [0.1, 0.15) is 12.8 Å². The molecule has 2 amide bonds. The number of aromatic nitrogens is 2. The Hall–Kier alpha value is -2.28. The average molecular weight is 442 g/mol. The van der Waals surface area contributed by atoms with Crippen molar-refractivity contribution in [3.05, 3.63) is 36.2 Å². The number of hydrogen-bond acceptors (Lipinski definition) is 7. The number of imidazole rings is 1. The van der Waals surface area contributed by atoms with E-state index in [0.717, 1.165) is 11.3 Å². The molecule has 1 fully saturated rings. The average Bonchev–Trinajstić information content (AvgIpc) is 3.43. The molecule has 158 valence electrons. The Morgan fingerprint density at radius 2 is 2.14 bits per heavy atom. The quantitative estimate of drug-likeness (QED) is 0.439. The van der Waals surface area contributed by atoms with Gasteiger partial charge in [-0.05, 0) is 24.3 Å². The van der Waals surface area contributed by atoms with E-state index in [1.807, 2.05) is 10.8 Å². The molecule has 1 aliphatic rings. The number of amides is 2. The van der Waals surface area contributed by atoms with Crippen molar-refractivity contribution < 1.29 is 22.7 Å². The van der Waals surface area contributed by atoms with E-state index in [1.165, 1.54) is 10.4 Å². The van der Waals surface area contributed by atoms with Gasteiger partial charge in [-0.25, -0.2) is 13.4 Å². The second-order valence-corrected chi connectivity index (χ2v) is 9.41. The second kappa shape index (κ2) is 9.96. The number of rotatable bonds is 8. The first-order valence-electron chi connectivity index (χ1n) is 9.17. The first kappa shape index (κ1) is 21.4. The Labute approximate surface area is 172 Å². The summed E-state index contributed by atoms with van der Waals surface area (Å²) in [5.41, 5.74) is 0. The molecule has 12 heteroatoms. The fourth-order valence-corrected chi connectivity index (χ4v) is 5.54. The van der Waals surface area contributed by atoms with Crippen molar-refractivity contribution in [2.45, 2.75) is 29.8 Å². The van der Waals surface area contributed by atoms with Crippen molar-refractivity contribution in [2.75, 3.05) is 26.2 Å². The molecule has 0 aliphatic carbocycles. The minimum Gasteiger partial charge on any atom is -0.360 e. The lowest BCUT2D eigenvalue weighted by atomic mass is 10.3. The molecule has 3 heterocycles. The van der Waals surface area contributed by atoms with Gasteiger partial charge < -0.3 is 19.9 Å². The van der Waals surface area contributed by atoms with Crippen LogP contribution in [0.25, 0.3) is 0 Å². The lowest BCUT2D eigenvalue weighted by Gasteiger charge is -2.34. The van der Waals surface area contributed by atoms with E-state index in [1.54, 1.807) is 24.0 Å². The maximum Gasteiger partial charge on any atom is 0.309 e. The van der Waals surface area contributed by atoms with Gasteiger partial charge in [-0.1, -0.05) is 6.07 Å². The van der Waals surface area contributed by atoms with Crippen molar-refractivity contribution in [3.8, 4) is 0 Å². The zero-order valence-corrected chi connectivity index (χ0v) is 17.3. The molecular weight excluding hydrogens is 418 g/mol. The summed E-state index contributed by atoms with van der Waals surface area (Å²) in [6.45, 7) is 1.58. The molecule has 0 radical (unpaired) electrons. The Bertz CT molecular complexity index is 899. The number of nitrogens with one attached hydrogen (secondary N) is 2. The van der Waals surface area contributed by atoms with Gasteiger partial charge >= 0.3 is 11.8 Å². The van der Waals surface area contributed by atoms with Gasteiger partial charge in [0.1, 0.15) is 10.4 Å². The van der Waals surface area contributed by atoms with Gasteiger partial charge in [0.05, 0.1) is 19.5 Å². The molecule has 29 heavy (non-hydrogen) atoms. The molecule has 0 spiro atoms. The highest BCUT2D eigenvalue weighted by atomic mass is 32.2. The van der Waals surface area contributed by atoms with Crippen LogP contribution in [0.3, 0.4) is 0 Å². The molecule has 0 bridgehead atoms. The van der Waals surface area contributed by atoms with Crippen molar-refractivity contribution in [1.29, 1.82) is 0 Å². The van der Waals surface area contributed by atoms with E-state index in [9.17, 15) is 18.0 Å². The highest BCUT2D eigenvalue weighted by Crippen LogP contribution is 2.25. The number of ether oxygens (including phenoxy) is 1. The summed E-state index contributed by atoms with van der Waals surface area (Å²) >= 11 is 1.12. The number of sulfonamides is 1. The maximum atomic E-state index is 12.8. The van der Waals surface area contributed by atoms with Gasteiger partial charge in [0.15, 0.2) is 0 Å². The highest BCUT2D eigenvalue weighted by Gasteiger charge is 2.35. The summed E-state index contributed by atoms with van der Waals surface area (Å²) in [5.74, 6) is -1.59. The summed E-state index contributed by atoms with van der Waals surface area (Å²) in [7, 11) is -3.71. The molecule has 0 saturated carbocycles. The first-order valence-corrected chi connectivity index (χ1v) is 11.5. The van der Waals surface area contributed by atoms with E-state index in [4.69, 9.17) is 4.74 Å². The van der Waals surface area contributed by atoms with Gasteiger partial charge in [-0.15, -0.1) is 11.3 Å². The zero-order chi connectivity index (χ0) is 20.7. The van der Waals surface area contributed by atoms with Crippen LogP contribution in [0.4, 0.5) is 0 Å². The fraction of sp³-hybridized carbons (Fsp3) is 0.471. The second-order valence-electron chi connectivity index (χ2n) is 6.35. The van der Waals surface area contributed by atoms with Crippen molar-refractivity contribution >= 4 is 33.2 Å². The number of carbonyl (C=O) groups is 2. The molecule has 1 atom stereocenters. The molecule has 10 nitrogen and oxygen atoms in total. The molecule has 0 unspecified atom stereocenters. The Kier molecular flexibility index (Phi) is 7.36. The van der Waals surface area contributed by atoms with E-state index < -0.39 is 28.1 Å². The molecule has 1 aliphatic heterocycles. The molecule has 2 aromatic rings. The van der Waals surface area contributed by atoms with Crippen LogP contribution in [-0.4, -0.2) is 66.6 Å². The van der Waals surface area contributed by atoms with Crippen LogP contribution < -0.4 is 10.6 Å². The number of aryl methyl sites for hydroxylation is 1. The fourth-order valence-electron chi connectivity index (χ4n) is 2.85. The molecule has 2 N–H and O–H groups in total. The predicted molar refractivity (Wildman–Crippen MR) is 105 cm³/mol. The largest absolute Gasteiger partial charge is 0.360 e. The maximum absolute atomic E-state index is 12.8. The van der Waals surface area contributed by atoms with Crippen LogP contribution in [0.2, 0.25) is 0 Å². The number of nitrogens with zero attached hydrogens (tertiary/aromatic N) is 3. The molecule has 0 aromatic carbocycles. The van der Waals surface area contributed by atoms with Crippen molar-refractivity contribution in [1.82, 2.24) is 24.5 Å². The Balaban J connectivity index is 1.46. The number of carbonyl (C=O) groups excluding carboxylic acids is 2. The monoisotopic (exact) mass is 441 g/mol. The Morgan fingerprint density at radius 1 is 1.31 bits per heavy atom. The zero-order valence-electron chi connectivity index (χ0n) is 15.7. The number of thiophene rings is 1. The van der Waals surface area contributed by atoms with Crippen molar-refractivity contribution in [2.24, 2.45) is 0 Å². The van der Waals surface area contributed by atoms with Crippen LogP contribution >= 0.6 is 11.3 Å². The SMILES string of the molecule is O=C(NCCCn1ccnc1)C(=O)NC[C@H]1OCCCN1S(=O)(=O)c1cccs1. The third kappa shape index (κ3) is 5.63. The minimum absolute atomic E-state index is 0.105. The third-order valence-corrected chi connectivity index (χ3v) is 7.56. The summed E-state index contributed by atoms with van der Waals surface area (Å²) in [4.78, 5) is 27.9. The number of hydrogen-bond donors (Lipinski definition) is 2. The van der Waals surface area contributed by atoms with E-state index in [0.29, 0.717) is 39.1 Å². The molecule has 2 aromatic heterocycles. The summed E-state index contributed by atoms with van der Waals surface area (Å²) in [5, 5.41) is 6.69. The van der Waals surface area contributed by atoms with E-state index >= 15 is 0 Å². The normalized spacial score (nSPS) is 17.7. The van der Waals surface area contributed by atoms with Crippen LogP contribution in [0, 0.1) is 0 Å². The predicted octanol–water partition coefficient (Wildman–Crippen LogP) is 0.00440. The van der Waals surface area contributed by atoms with Crippen LogP contribution in [0.5, 0.6) is 0 Å². The van der Waals surface area contributed by atoms with Gasteiger partial charge in [-0.2, -0.15) is 4.31 Å². The molecule has 1 saturated heterocycles. The minimum atomic E-state index is -3.71. The van der Waals surface area contributed by atoms with Gasteiger partial charge in [0.2, 0.25) is 0 Å². The van der Waals surface area contributed by atoms with Gasteiger partial charge in [0, 0.05) is 32.0 Å². The molecule has 3 rings (SSSR count). The van der Waals surface area contributed by atoms with Gasteiger partial charge in [0.25, 0.3) is 10.0 Å².